The van der Waals surface area contributed by atoms with Gasteiger partial charge in [-0.05, 0) is 69.8 Å². The lowest BCUT2D eigenvalue weighted by molar-refractivity contribution is -0.139. The molecule has 0 atom stereocenters. The molecule has 0 bridgehead atoms. The van der Waals surface area contributed by atoms with Crippen molar-refractivity contribution in [1.82, 2.24) is 10.6 Å². The molecule has 1 aromatic rings. The molecule has 1 saturated heterocycles. The van der Waals surface area contributed by atoms with Crippen LogP contribution in [-0.2, 0) is 16.1 Å². The van der Waals surface area contributed by atoms with Crippen LogP contribution in [0, 0.1) is 0 Å². The molecule has 3 N–H and O–H groups in total. The molecule has 1 heterocycles. The van der Waals surface area contributed by atoms with Crippen molar-refractivity contribution in [2.45, 2.75) is 51.7 Å². The fourth-order valence-corrected chi connectivity index (χ4v) is 2.92. The molecule has 1 aromatic carbocycles. The van der Waals surface area contributed by atoms with Crippen molar-refractivity contribution in [2.75, 3.05) is 19.7 Å². The second-order valence-corrected chi connectivity index (χ2v) is 7.43. The third-order valence-electron chi connectivity index (χ3n) is 4.04. The number of hydrogen-bond acceptors (Lipinski definition) is 5. The van der Waals surface area contributed by atoms with Gasteiger partial charge in [0.05, 0.1) is 0 Å². The van der Waals surface area contributed by atoms with E-state index in [-0.39, 0.29) is 6.61 Å². The lowest BCUT2D eigenvalue weighted by Crippen LogP contribution is -2.32. The first-order valence-electron chi connectivity index (χ1n) is 8.89. The summed E-state index contributed by atoms with van der Waals surface area (Å²) in [6.07, 6.45) is 1.46. The van der Waals surface area contributed by atoms with Crippen LogP contribution in [0.2, 0.25) is 0 Å². The third-order valence-corrected chi connectivity index (χ3v) is 4.04. The number of rotatable bonds is 6. The van der Waals surface area contributed by atoms with E-state index in [0.717, 1.165) is 37.1 Å². The fraction of sp³-hybridized carbons (Fsp3) is 0.579. The predicted octanol–water partition coefficient (Wildman–Crippen LogP) is 2.64. The number of benzene rings is 1. The molecule has 0 aromatic heterocycles. The molecular formula is C19H28N2O5. The van der Waals surface area contributed by atoms with E-state index in [2.05, 4.69) is 10.6 Å². The summed E-state index contributed by atoms with van der Waals surface area (Å²) in [6, 6.07) is 5.61. The van der Waals surface area contributed by atoms with E-state index in [1.165, 1.54) is 0 Å². The Morgan fingerprint density at radius 3 is 2.58 bits per heavy atom. The zero-order valence-electron chi connectivity index (χ0n) is 15.6. The summed E-state index contributed by atoms with van der Waals surface area (Å²) >= 11 is 0. The summed E-state index contributed by atoms with van der Waals surface area (Å²) in [4.78, 5) is 22.7. The molecule has 7 heteroatoms. The monoisotopic (exact) mass is 364 g/mol. The van der Waals surface area contributed by atoms with E-state index in [0.29, 0.717) is 18.2 Å². The van der Waals surface area contributed by atoms with Gasteiger partial charge in [-0.25, -0.2) is 9.59 Å². The van der Waals surface area contributed by atoms with Crippen LogP contribution in [0.3, 0.4) is 0 Å². The van der Waals surface area contributed by atoms with Crippen LogP contribution in [0.4, 0.5) is 4.79 Å². The Hall–Kier alpha value is -2.28. The number of hydrogen-bond donors (Lipinski definition) is 3. The van der Waals surface area contributed by atoms with Gasteiger partial charge in [-0.1, -0.05) is 12.1 Å². The van der Waals surface area contributed by atoms with Crippen LogP contribution in [0.15, 0.2) is 18.2 Å². The van der Waals surface area contributed by atoms with Crippen LogP contribution in [-0.4, -0.2) is 42.5 Å². The summed E-state index contributed by atoms with van der Waals surface area (Å²) < 4.78 is 10.7. The zero-order chi connectivity index (χ0) is 19.2. The van der Waals surface area contributed by atoms with Crippen molar-refractivity contribution in [2.24, 2.45) is 0 Å². The van der Waals surface area contributed by atoms with E-state index < -0.39 is 17.7 Å². The smallest absolute Gasteiger partial charge is 0.407 e. The molecule has 0 unspecified atom stereocenters. The highest BCUT2D eigenvalue weighted by Crippen LogP contribution is 2.33. The second kappa shape index (κ2) is 8.89. The fourth-order valence-electron chi connectivity index (χ4n) is 2.92. The molecule has 0 saturated carbocycles. The third kappa shape index (κ3) is 6.55. The van der Waals surface area contributed by atoms with Crippen molar-refractivity contribution in [3.63, 3.8) is 0 Å². The highest BCUT2D eigenvalue weighted by atomic mass is 16.6. The normalized spacial score (nSPS) is 15.3. The Morgan fingerprint density at radius 2 is 1.96 bits per heavy atom. The lowest BCUT2D eigenvalue weighted by Gasteiger charge is -2.25. The molecule has 2 rings (SSSR count). The Morgan fingerprint density at radius 1 is 1.27 bits per heavy atom. The maximum Gasteiger partial charge on any atom is 0.407 e. The first-order valence-corrected chi connectivity index (χ1v) is 8.89. The molecule has 1 amide bonds. The maximum absolute atomic E-state index is 11.8. The van der Waals surface area contributed by atoms with E-state index in [1.807, 2.05) is 32.9 Å². The Bertz CT molecular complexity index is 633. The molecule has 1 aliphatic heterocycles. The Balaban J connectivity index is 2.10. The number of aliphatic carboxylic acids is 1. The standard InChI is InChI=1S/C19H28N2O5/c1-19(2,3)26-18(24)21-11-13-4-5-16(25-12-17(22)23)15(10-13)14-6-8-20-9-7-14/h4-5,10,14,20H,6-9,11-12H2,1-3H3,(H,21,24)(H,22,23). The van der Waals surface area contributed by atoms with Crippen LogP contribution < -0.4 is 15.4 Å². The van der Waals surface area contributed by atoms with Crippen molar-refractivity contribution in [3.8, 4) is 5.75 Å². The van der Waals surface area contributed by atoms with Crippen molar-refractivity contribution in [1.29, 1.82) is 0 Å². The van der Waals surface area contributed by atoms with Crippen LogP contribution in [0.25, 0.3) is 0 Å². The maximum atomic E-state index is 11.8. The average Bonchev–Trinajstić information content (AvgIpc) is 2.57. The number of nitrogens with one attached hydrogen (secondary N) is 2. The second-order valence-electron chi connectivity index (χ2n) is 7.43. The van der Waals surface area contributed by atoms with Gasteiger partial charge in [0.1, 0.15) is 11.4 Å². The van der Waals surface area contributed by atoms with Gasteiger partial charge < -0.3 is 25.2 Å². The topological polar surface area (TPSA) is 96.9 Å². The average molecular weight is 364 g/mol. The van der Waals surface area contributed by atoms with E-state index in [9.17, 15) is 9.59 Å². The van der Waals surface area contributed by atoms with E-state index in [1.54, 1.807) is 6.07 Å². The van der Waals surface area contributed by atoms with E-state index >= 15 is 0 Å². The quantitative estimate of drug-likeness (QED) is 0.718. The molecule has 7 nitrogen and oxygen atoms in total. The summed E-state index contributed by atoms with van der Waals surface area (Å²) in [5, 5.41) is 14.9. The number of carbonyl (C=O) groups is 2. The number of alkyl carbamates (subject to hydrolysis) is 1. The molecule has 1 aliphatic rings. The van der Waals surface area contributed by atoms with Gasteiger partial charge in [0.15, 0.2) is 6.61 Å². The van der Waals surface area contributed by atoms with Gasteiger partial charge in [-0.2, -0.15) is 0 Å². The van der Waals surface area contributed by atoms with E-state index in [4.69, 9.17) is 14.6 Å². The highest BCUT2D eigenvalue weighted by Gasteiger charge is 2.21. The number of ether oxygens (including phenoxy) is 2. The van der Waals surface area contributed by atoms with Crippen molar-refractivity contribution in [3.05, 3.63) is 29.3 Å². The first-order chi connectivity index (χ1) is 12.2. The summed E-state index contributed by atoms with van der Waals surface area (Å²) in [5.41, 5.74) is 1.38. The van der Waals surface area contributed by atoms with Gasteiger partial charge in [-0.3, -0.25) is 0 Å². The predicted molar refractivity (Wildman–Crippen MR) is 97.5 cm³/mol. The molecule has 0 aliphatic carbocycles. The summed E-state index contributed by atoms with van der Waals surface area (Å²) in [7, 11) is 0. The molecular weight excluding hydrogens is 336 g/mol. The van der Waals surface area contributed by atoms with Crippen molar-refractivity contribution < 1.29 is 24.2 Å². The van der Waals surface area contributed by atoms with Gasteiger partial charge >= 0.3 is 12.1 Å². The van der Waals surface area contributed by atoms with Crippen LogP contribution >= 0.6 is 0 Å². The SMILES string of the molecule is CC(C)(C)OC(=O)NCc1ccc(OCC(=O)O)c(C2CCNCC2)c1. The van der Waals surface area contributed by atoms with Gasteiger partial charge in [0.25, 0.3) is 0 Å². The largest absolute Gasteiger partial charge is 0.482 e. The van der Waals surface area contributed by atoms with Crippen LogP contribution in [0.1, 0.15) is 50.7 Å². The minimum Gasteiger partial charge on any atom is -0.482 e. The highest BCUT2D eigenvalue weighted by molar-refractivity contribution is 5.68. The van der Waals surface area contributed by atoms with Gasteiger partial charge in [-0.15, -0.1) is 0 Å². The summed E-state index contributed by atoms with van der Waals surface area (Å²) in [5.74, 6) is -0.0984. The molecule has 1 fully saturated rings. The number of carbonyl (C=O) groups excluding carboxylic acids is 1. The minimum atomic E-state index is -1.00. The van der Waals surface area contributed by atoms with Gasteiger partial charge in [0.2, 0.25) is 0 Å². The number of piperidine rings is 1. The molecule has 144 valence electrons. The minimum absolute atomic E-state index is 0.307. The Kier molecular flexibility index (Phi) is 6.85. The Labute approximate surface area is 154 Å². The first kappa shape index (κ1) is 20.0. The number of carboxylic acid groups (broad SMARTS) is 1. The molecule has 0 radical (unpaired) electrons. The molecule has 0 spiro atoms. The summed E-state index contributed by atoms with van der Waals surface area (Å²) in [6.45, 7) is 7.26. The number of amides is 1. The molecule has 26 heavy (non-hydrogen) atoms. The van der Waals surface area contributed by atoms with Gasteiger partial charge in [0, 0.05) is 6.54 Å². The zero-order valence-corrected chi connectivity index (χ0v) is 15.6. The number of carboxylic acids is 1. The lowest BCUT2D eigenvalue weighted by atomic mass is 9.88. The van der Waals surface area contributed by atoms with Crippen LogP contribution in [0.5, 0.6) is 5.75 Å². The van der Waals surface area contributed by atoms with Crippen molar-refractivity contribution >= 4 is 12.1 Å².